The first-order chi connectivity index (χ1) is 12.1. The second-order valence-corrected chi connectivity index (χ2v) is 6.91. The molecule has 1 aromatic carbocycles. The van der Waals surface area contributed by atoms with E-state index in [0.717, 1.165) is 18.4 Å². The van der Waals surface area contributed by atoms with E-state index in [9.17, 15) is 14.7 Å². The molecule has 2 fully saturated rings. The average Bonchev–Trinajstić information content (AvgIpc) is 3.46. The van der Waals surface area contributed by atoms with Crippen LogP contribution in [-0.2, 0) is 20.9 Å². The zero-order valence-electron chi connectivity index (χ0n) is 14.5. The van der Waals surface area contributed by atoms with Crippen LogP contribution in [0.1, 0.15) is 44.1 Å². The molecule has 2 saturated carbocycles. The fourth-order valence-corrected chi connectivity index (χ4v) is 3.66. The molecule has 25 heavy (non-hydrogen) atoms. The summed E-state index contributed by atoms with van der Waals surface area (Å²) in [5, 5.41) is 9.94. The van der Waals surface area contributed by atoms with Gasteiger partial charge in [-0.15, -0.1) is 0 Å². The van der Waals surface area contributed by atoms with Crippen LogP contribution in [0.5, 0.6) is 0 Å². The molecular weight excluding hydrogens is 322 g/mol. The van der Waals surface area contributed by atoms with Crippen LogP contribution in [0.25, 0.3) is 0 Å². The van der Waals surface area contributed by atoms with Crippen molar-refractivity contribution in [2.24, 2.45) is 0 Å². The molecule has 2 aliphatic rings. The number of amides is 1. The van der Waals surface area contributed by atoms with Crippen molar-refractivity contribution < 1.29 is 24.2 Å². The third kappa shape index (κ3) is 3.79. The first-order valence-electron chi connectivity index (χ1n) is 8.83. The highest BCUT2D eigenvalue weighted by Gasteiger charge is 2.54. The Bertz CT molecular complexity index is 606. The van der Waals surface area contributed by atoms with Crippen molar-refractivity contribution in [1.82, 2.24) is 4.90 Å². The highest BCUT2D eigenvalue weighted by Crippen LogP contribution is 2.42. The smallest absolute Gasteiger partial charge is 0.411 e. The van der Waals surface area contributed by atoms with Gasteiger partial charge in [-0.2, -0.15) is 0 Å². The van der Waals surface area contributed by atoms with Crippen molar-refractivity contribution in [3.63, 3.8) is 0 Å². The van der Waals surface area contributed by atoms with Gasteiger partial charge in [-0.1, -0.05) is 30.3 Å². The van der Waals surface area contributed by atoms with E-state index in [1.165, 1.54) is 4.90 Å². The van der Waals surface area contributed by atoms with Crippen molar-refractivity contribution in [3.05, 3.63) is 35.9 Å². The lowest BCUT2D eigenvalue weighted by Gasteiger charge is -2.44. The lowest BCUT2D eigenvalue weighted by atomic mass is 9.79. The van der Waals surface area contributed by atoms with Crippen molar-refractivity contribution in [2.75, 3.05) is 7.11 Å². The summed E-state index contributed by atoms with van der Waals surface area (Å²) in [6, 6.07) is 9.39. The zero-order valence-corrected chi connectivity index (χ0v) is 14.5. The Balaban J connectivity index is 1.74. The van der Waals surface area contributed by atoms with Gasteiger partial charge in [0, 0.05) is 13.2 Å². The van der Waals surface area contributed by atoms with Crippen molar-refractivity contribution in [3.8, 4) is 0 Å². The maximum atomic E-state index is 12.8. The molecule has 0 radical (unpaired) electrons. The van der Waals surface area contributed by atoms with Gasteiger partial charge in [0.2, 0.25) is 0 Å². The quantitative estimate of drug-likeness (QED) is 0.855. The fourth-order valence-electron chi connectivity index (χ4n) is 3.66. The summed E-state index contributed by atoms with van der Waals surface area (Å²) in [5.74, 6) is -0.939. The molecular formula is C19H25NO5. The van der Waals surface area contributed by atoms with Gasteiger partial charge >= 0.3 is 12.1 Å². The molecule has 1 aromatic rings. The summed E-state index contributed by atoms with van der Waals surface area (Å²) in [7, 11) is 1.64. The summed E-state index contributed by atoms with van der Waals surface area (Å²) in [6.45, 7) is 0.152. The van der Waals surface area contributed by atoms with Gasteiger partial charge in [0.1, 0.15) is 12.1 Å². The Kier molecular flexibility index (Phi) is 5.27. The molecule has 0 heterocycles. The van der Waals surface area contributed by atoms with E-state index >= 15 is 0 Å². The van der Waals surface area contributed by atoms with Crippen LogP contribution in [-0.4, -0.2) is 46.9 Å². The number of aliphatic carboxylic acids is 1. The normalized spacial score (nSPS) is 26.0. The molecule has 0 aliphatic heterocycles. The largest absolute Gasteiger partial charge is 0.479 e. The third-order valence-electron chi connectivity index (χ3n) is 5.27. The summed E-state index contributed by atoms with van der Waals surface area (Å²) in [5.41, 5.74) is -0.289. The van der Waals surface area contributed by atoms with Crippen LogP contribution in [0.3, 0.4) is 0 Å². The summed E-state index contributed by atoms with van der Waals surface area (Å²) in [4.78, 5) is 26.4. The van der Waals surface area contributed by atoms with Gasteiger partial charge in [0.25, 0.3) is 0 Å². The predicted molar refractivity (Wildman–Crippen MR) is 91.1 cm³/mol. The van der Waals surface area contributed by atoms with Crippen LogP contribution in [0.2, 0.25) is 0 Å². The molecule has 0 atom stereocenters. The maximum Gasteiger partial charge on any atom is 0.411 e. The van der Waals surface area contributed by atoms with E-state index in [4.69, 9.17) is 9.47 Å². The standard InChI is InChI=1S/C19H25NO5/c1-24-16-9-11-19(12-10-16,17(21)22)20(15-7-8-15)18(23)25-13-14-5-3-2-4-6-14/h2-6,15-16H,7-13H2,1H3,(H,21,22). The summed E-state index contributed by atoms with van der Waals surface area (Å²) >= 11 is 0. The maximum absolute atomic E-state index is 12.8. The summed E-state index contributed by atoms with van der Waals surface area (Å²) < 4.78 is 10.8. The predicted octanol–water partition coefficient (Wildman–Crippen LogP) is 3.20. The Morgan fingerprint density at radius 3 is 2.32 bits per heavy atom. The highest BCUT2D eigenvalue weighted by atomic mass is 16.6. The van der Waals surface area contributed by atoms with Gasteiger partial charge in [0.05, 0.1) is 6.10 Å². The second kappa shape index (κ2) is 7.44. The second-order valence-electron chi connectivity index (χ2n) is 6.91. The van der Waals surface area contributed by atoms with E-state index in [0.29, 0.717) is 25.7 Å². The van der Waals surface area contributed by atoms with E-state index in [1.54, 1.807) is 7.11 Å². The molecule has 6 heteroatoms. The van der Waals surface area contributed by atoms with Crippen molar-refractivity contribution in [1.29, 1.82) is 0 Å². The molecule has 1 amide bonds. The number of carbonyl (C=O) groups excluding carboxylic acids is 1. The number of carbonyl (C=O) groups is 2. The SMILES string of the molecule is COC1CCC(C(=O)O)(N(C(=O)OCc2ccccc2)C2CC2)CC1. The van der Waals surface area contributed by atoms with E-state index < -0.39 is 17.6 Å². The molecule has 0 aromatic heterocycles. The van der Waals surface area contributed by atoms with E-state index in [1.807, 2.05) is 30.3 Å². The van der Waals surface area contributed by atoms with Crippen LogP contribution in [0.4, 0.5) is 4.79 Å². The molecule has 0 unspecified atom stereocenters. The number of carboxylic acids is 1. The summed E-state index contributed by atoms with van der Waals surface area (Å²) in [6.07, 6.45) is 3.29. The minimum Gasteiger partial charge on any atom is -0.479 e. The molecule has 136 valence electrons. The Morgan fingerprint density at radius 1 is 1.16 bits per heavy atom. The zero-order chi connectivity index (χ0) is 17.9. The average molecular weight is 347 g/mol. The minimum absolute atomic E-state index is 0.0292. The molecule has 3 rings (SSSR count). The van der Waals surface area contributed by atoms with Gasteiger partial charge in [-0.25, -0.2) is 9.59 Å². The molecule has 2 aliphatic carbocycles. The molecule has 6 nitrogen and oxygen atoms in total. The van der Waals surface area contributed by atoms with Crippen molar-refractivity contribution >= 4 is 12.1 Å². The number of methoxy groups -OCH3 is 1. The van der Waals surface area contributed by atoms with Crippen molar-refractivity contribution in [2.45, 2.75) is 62.8 Å². The van der Waals surface area contributed by atoms with E-state index in [-0.39, 0.29) is 18.8 Å². The van der Waals surface area contributed by atoms with Gasteiger partial charge in [-0.05, 0) is 44.1 Å². The topological polar surface area (TPSA) is 76.1 Å². The number of benzene rings is 1. The third-order valence-corrected chi connectivity index (χ3v) is 5.27. The number of carboxylic acid groups (broad SMARTS) is 1. The first kappa shape index (κ1) is 17.7. The van der Waals surface area contributed by atoms with Crippen LogP contribution < -0.4 is 0 Å². The van der Waals surface area contributed by atoms with Gasteiger partial charge < -0.3 is 14.6 Å². The van der Waals surface area contributed by atoms with Crippen LogP contribution in [0, 0.1) is 0 Å². The van der Waals surface area contributed by atoms with Gasteiger partial charge in [0.15, 0.2) is 0 Å². The first-order valence-corrected chi connectivity index (χ1v) is 8.83. The number of ether oxygens (including phenoxy) is 2. The number of hydrogen-bond acceptors (Lipinski definition) is 4. The lowest BCUT2D eigenvalue weighted by molar-refractivity contribution is -0.155. The Labute approximate surface area is 147 Å². The molecule has 1 N–H and O–H groups in total. The van der Waals surface area contributed by atoms with Gasteiger partial charge in [-0.3, -0.25) is 4.90 Å². The van der Waals surface area contributed by atoms with E-state index in [2.05, 4.69) is 0 Å². The van der Waals surface area contributed by atoms with Crippen LogP contribution >= 0.6 is 0 Å². The monoisotopic (exact) mass is 347 g/mol. The number of nitrogens with zero attached hydrogens (tertiary/aromatic N) is 1. The number of hydrogen-bond donors (Lipinski definition) is 1. The Morgan fingerprint density at radius 2 is 1.80 bits per heavy atom. The highest BCUT2D eigenvalue weighted by molar-refractivity contribution is 5.85. The molecule has 0 bridgehead atoms. The fraction of sp³-hybridized carbons (Fsp3) is 0.579. The minimum atomic E-state index is -1.18. The molecule has 0 saturated heterocycles. The lowest BCUT2D eigenvalue weighted by Crippen LogP contribution is -2.60. The Hall–Kier alpha value is -2.08. The number of rotatable bonds is 6. The van der Waals surface area contributed by atoms with Crippen LogP contribution in [0.15, 0.2) is 30.3 Å². The molecule has 0 spiro atoms.